The van der Waals surface area contributed by atoms with Crippen molar-refractivity contribution >= 4 is 5.91 Å². The van der Waals surface area contributed by atoms with Crippen LogP contribution in [0.25, 0.3) is 0 Å². The summed E-state index contributed by atoms with van der Waals surface area (Å²) in [6, 6.07) is 0.436. The normalized spacial score (nSPS) is 23.2. The van der Waals surface area contributed by atoms with Crippen LogP contribution in [0, 0.1) is 0 Å². The molecule has 1 aliphatic rings. The van der Waals surface area contributed by atoms with Crippen molar-refractivity contribution in [1.29, 1.82) is 0 Å². The lowest BCUT2D eigenvalue weighted by Gasteiger charge is -2.35. The molecule has 0 aromatic carbocycles. The third kappa shape index (κ3) is 2.99. The first-order valence-corrected chi connectivity index (χ1v) is 5.23. The third-order valence-corrected chi connectivity index (χ3v) is 2.65. The lowest BCUT2D eigenvalue weighted by atomic mass is 10.1. The van der Waals surface area contributed by atoms with Crippen molar-refractivity contribution in [2.45, 2.75) is 39.2 Å². The van der Waals surface area contributed by atoms with Gasteiger partial charge in [-0.15, -0.1) is 0 Å². The average Bonchev–Trinajstić information content (AvgIpc) is 2.15. The van der Waals surface area contributed by atoms with E-state index in [0.29, 0.717) is 6.04 Å². The molecule has 0 aromatic heterocycles. The Balaban J connectivity index is 2.41. The molecule has 1 atom stereocenters. The van der Waals surface area contributed by atoms with Gasteiger partial charge in [-0.05, 0) is 6.42 Å². The van der Waals surface area contributed by atoms with Crippen LogP contribution >= 0.6 is 0 Å². The van der Waals surface area contributed by atoms with E-state index in [0.717, 1.165) is 26.1 Å². The lowest BCUT2D eigenvalue weighted by Crippen LogP contribution is -2.52. The Morgan fingerprint density at radius 3 is 3.00 bits per heavy atom. The first-order valence-electron chi connectivity index (χ1n) is 5.23. The van der Waals surface area contributed by atoms with Crippen molar-refractivity contribution in [1.82, 2.24) is 10.2 Å². The summed E-state index contributed by atoms with van der Waals surface area (Å²) < 4.78 is 0. The summed E-state index contributed by atoms with van der Waals surface area (Å²) in [7, 11) is 0. The monoisotopic (exact) mass is 184 g/mol. The molecular formula is C10H20N2O. The quantitative estimate of drug-likeness (QED) is 0.709. The standard InChI is InChI=1S/C10H20N2O/c1-3-4-5-10-8-11-6-7-12(10)9(2)13/h10-11H,3-8H2,1-2H3. The summed E-state index contributed by atoms with van der Waals surface area (Å²) in [4.78, 5) is 13.3. The largest absolute Gasteiger partial charge is 0.337 e. The smallest absolute Gasteiger partial charge is 0.219 e. The second-order valence-electron chi connectivity index (χ2n) is 3.71. The fourth-order valence-electron chi connectivity index (χ4n) is 1.87. The molecule has 13 heavy (non-hydrogen) atoms. The van der Waals surface area contributed by atoms with Crippen LogP contribution < -0.4 is 5.32 Å². The summed E-state index contributed by atoms with van der Waals surface area (Å²) in [6.07, 6.45) is 3.57. The van der Waals surface area contributed by atoms with Gasteiger partial charge in [-0.25, -0.2) is 0 Å². The van der Waals surface area contributed by atoms with Crippen LogP contribution in [0.2, 0.25) is 0 Å². The zero-order valence-corrected chi connectivity index (χ0v) is 8.68. The Morgan fingerprint density at radius 2 is 2.38 bits per heavy atom. The van der Waals surface area contributed by atoms with E-state index in [-0.39, 0.29) is 5.91 Å². The molecule has 0 spiro atoms. The van der Waals surface area contributed by atoms with Gasteiger partial charge >= 0.3 is 0 Å². The van der Waals surface area contributed by atoms with Gasteiger partial charge in [0, 0.05) is 32.6 Å². The molecule has 1 aliphatic heterocycles. The molecule has 3 nitrogen and oxygen atoms in total. The highest BCUT2D eigenvalue weighted by atomic mass is 16.2. The molecule has 0 aromatic rings. The fourth-order valence-corrected chi connectivity index (χ4v) is 1.87. The Morgan fingerprint density at radius 1 is 1.62 bits per heavy atom. The molecule has 0 bridgehead atoms. The predicted octanol–water partition coefficient (Wildman–Crippen LogP) is 0.997. The number of nitrogens with zero attached hydrogens (tertiary/aromatic N) is 1. The molecule has 1 heterocycles. The number of piperazine rings is 1. The molecule has 1 N–H and O–H groups in total. The van der Waals surface area contributed by atoms with Crippen molar-refractivity contribution < 1.29 is 4.79 Å². The van der Waals surface area contributed by atoms with E-state index in [1.54, 1.807) is 6.92 Å². The molecular weight excluding hydrogens is 164 g/mol. The van der Waals surface area contributed by atoms with E-state index in [1.807, 2.05) is 4.90 Å². The Kier molecular flexibility index (Phi) is 4.22. The maximum atomic E-state index is 11.3. The van der Waals surface area contributed by atoms with E-state index < -0.39 is 0 Å². The SMILES string of the molecule is CCCCC1CNCCN1C(C)=O. The minimum absolute atomic E-state index is 0.225. The van der Waals surface area contributed by atoms with Crippen molar-refractivity contribution in [2.75, 3.05) is 19.6 Å². The molecule has 0 aliphatic carbocycles. The predicted molar refractivity (Wildman–Crippen MR) is 53.6 cm³/mol. The molecule has 1 fully saturated rings. The van der Waals surface area contributed by atoms with Crippen LogP contribution in [0.5, 0.6) is 0 Å². The zero-order chi connectivity index (χ0) is 9.68. The molecule has 1 unspecified atom stereocenters. The molecule has 76 valence electrons. The third-order valence-electron chi connectivity index (χ3n) is 2.65. The number of carbonyl (C=O) groups is 1. The first kappa shape index (κ1) is 10.5. The fraction of sp³-hybridized carbons (Fsp3) is 0.900. The highest BCUT2D eigenvalue weighted by Gasteiger charge is 2.22. The van der Waals surface area contributed by atoms with Crippen LogP contribution in [0.1, 0.15) is 33.1 Å². The number of rotatable bonds is 3. The summed E-state index contributed by atoms with van der Waals surface area (Å²) in [6.45, 7) is 6.66. The van der Waals surface area contributed by atoms with E-state index in [2.05, 4.69) is 12.2 Å². The molecule has 1 saturated heterocycles. The van der Waals surface area contributed by atoms with Crippen molar-refractivity contribution in [3.63, 3.8) is 0 Å². The van der Waals surface area contributed by atoms with Crippen molar-refractivity contribution in [2.24, 2.45) is 0 Å². The van der Waals surface area contributed by atoms with Crippen molar-refractivity contribution in [3.8, 4) is 0 Å². The van der Waals surface area contributed by atoms with Crippen LogP contribution in [0.15, 0.2) is 0 Å². The van der Waals surface area contributed by atoms with Crippen molar-refractivity contribution in [3.05, 3.63) is 0 Å². The van der Waals surface area contributed by atoms with Crippen LogP contribution in [-0.2, 0) is 4.79 Å². The summed E-state index contributed by atoms with van der Waals surface area (Å²) in [5.41, 5.74) is 0. The summed E-state index contributed by atoms with van der Waals surface area (Å²) in [5, 5.41) is 3.33. The number of unbranched alkanes of at least 4 members (excludes halogenated alkanes) is 1. The van der Waals surface area contributed by atoms with E-state index in [9.17, 15) is 4.79 Å². The number of nitrogens with one attached hydrogen (secondary N) is 1. The van der Waals surface area contributed by atoms with Gasteiger partial charge in [0.2, 0.25) is 5.91 Å². The van der Waals surface area contributed by atoms with Crippen LogP contribution in [-0.4, -0.2) is 36.5 Å². The van der Waals surface area contributed by atoms with Gasteiger partial charge in [-0.2, -0.15) is 0 Å². The topological polar surface area (TPSA) is 32.3 Å². The number of hydrogen-bond donors (Lipinski definition) is 1. The molecule has 3 heteroatoms. The molecule has 1 amide bonds. The van der Waals surface area contributed by atoms with E-state index in [1.165, 1.54) is 12.8 Å². The Bertz CT molecular complexity index is 170. The van der Waals surface area contributed by atoms with E-state index >= 15 is 0 Å². The van der Waals surface area contributed by atoms with Gasteiger partial charge in [0.05, 0.1) is 0 Å². The lowest BCUT2D eigenvalue weighted by molar-refractivity contribution is -0.132. The highest BCUT2D eigenvalue weighted by molar-refractivity contribution is 5.73. The highest BCUT2D eigenvalue weighted by Crippen LogP contribution is 2.10. The number of amides is 1. The summed E-state index contributed by atoms with van der Waals surface area (Å²) in [5.74, 6) is 0.225. The minimum atomic E-state index is 0.225. The van der Waals surface area contributed by atoms with Crippen LogP contribution in [0.4, 0.5) is 0 Å². The van der Waals surface area contributed by atoms with E-state index in [4.69, 9.17) is 0 Å². The van der Waals surface area contributed by atoms with Gasteiger partial charge < -0.3 is 10.2 Å². The zero-order valence-electron chi connectivity index (χ0n) is 8.68. The summed E-state index contributed by atoms with van der Waals surface area (Å²) >= 11 is 0. The molecule has 0 radical (unpaired) electrons. The maximum Gasteiger partial charge on any atom is 0.219 e. The molecule has 0 saturated carbocycles. The van der Waals surface area contributed by atoms with Gasteiger partial charge in [0.25, 0.3) is 0 Å². The molecule has 1 rings (SSSR count). The van der Waals surface area contributed by atoms with Gasteiger partial charge in [0.1, 0.15) is 0 Å². The van der Waals surface area contributed by atoms with Gasteiger partial charge in [0.15, 0.2) is 0 Å². The second-order valence-corrected chi connectivity index (χ2v) is 3.71. The van der Waals surface area contributed by atoms with Gasteiger partial charge in [-0.1, -0.05) is 19.8 Å². The Hall–Kier alpha value is -0.570. The number of carbonyl (C=O) groups excluding carboxylic acids is 1. The minimum Gasteiger partial charge on any atom is -0.337 e. The first-order chi connectivity index (χ1) is 6.25. The maximum absolute atomic E-state index is 11.3. The average molecular weight is 184 g/mol. The number of hydrogen-bond acceptors (Lipinski definition) is 2. The van der Waals surface area contributed by atoms with Gasteiger partial charge in [-0.3, -0.25) is 4.79 Å². The van der Waals surface area contributed by atoms with Crippen LogP contribution in [0.3, 0.4) is 0 Å². The second kappa shape index (κ2) is 5.22. The Labute approximate surface area is 80.5 Å².